The van der Waals surface area contributed by atoms with Gasteiger partial charge in [0.25, 0.3) is 0 Å². The highest BCUT2D eigenvalue weighted by Crippen LogP contribution is 2.33. The summed E-state index contributed by atoms with van der Waals surface area (Å²) in [5.74, 6) is 1.02. The van der Waals surface area contributed by atoms with Gasteiger partial charge in [-0.05, 0) is 43.5 Å². The third kappa shape index (κ3) is 2.19. The van der Waals surface area contributed by atoms with Crippen LogP contribution >= 0.6 is 0 Å². The van der Waals surface area contributed by atoms with E-state index in [1.165, 1.54) is 42.5 Å². The minimum atomic E-state index is 0.678. The van der Waals surface area contributed by atoms with Crippen LogP contribution in [0.5, 0.6) is 5.75 Å². The number of methoxy groups -OCH3 is 1. The van der Waals surface area contributed by atoms with E-state index in [1.54, 1.807) is 7.11 Å². The van der Waals surface area contributed by atoms with Crippen molar-refractivity contribution < 1.29 is 4.74 Å². The second-order valence-corrected chi connectivity index (χ2v) is 5.32. The largest absolute Gasteiger partial charge is 0.496 e. The van der Waals surface area contributed by atoms with Crippen LogP contribution in [-0.4, -0.2) is 19.7 Å². The van der Waals surface area contributed by atoms with E-state index in [0.717, 1.165) is 25.3 Å². The molecule has 2 N–H and O–H groups in total. The summed E-state index contributed by atoms with van der Waals surface area (Å²) in [6.07, 6.45) is 6.48. The fourth-order valence-electron chi connectivity index (χ4n) is 3.19. The highest BCUT2D eigenvalue weighted by molar-refractivity contribution is 5.60. The van der Waals surface area contributed by atoms with Crippen LogP contribution in [0, 0.1) is 0 Å². The zero-order valence-corrected chi connectivity index (χ0v) is 11.1. The van der Waals surface area contributed by atoms with Crippen molar-refractivity contribution in [3.63, 3.8) is 0 Å². The molecule has 3 heteroatoms. The summed E-state index contributed by atoms with van der Waals surface area (Å²) in [5.41, 5.74) is 4.13. The standard InChI is InChI=1S/C15H22N2O/c1-18-15-7-6-14(17-11-4-2-3-5-11)12-8-9-16-10-13(12)15/h6-7,11,16-17H,2-5,8-10H2,1H3. The molecule has 0 unspecified atom stereocenters. The van der Waals surface area contributed by atoms with Gasteiger partial charge in [0.1, 0.15) is 5.75 Å². The molecule has 0 aromatic heterocycles. The molecule has 1 aliphatic heterocycles. The van der Waals surface area contributed by atoms with Crippen molar-refractivity contribution in [1.82, 2.24) is 5.32 Å². The molecule has 1 aliphatic carbocycles. The van der Waals surface area contributed by atoms with Crippen molar-refractivity contribution in [1.29, 1.82) is 0 Å². The lowest BCUT2D eigenvalue weighted by atomic mass is 9.97. The van der Waals surface area contributed by atoms with Gasteiger partial charge in [-0.2, -0.15) is 0 Å². The summed E-state index contributed by atoms with van der Waals surface area (Å²) in [5, 5.41) is 7.17. The number of ether oxygens (including phenoxy) is 1. The van der Waals surface area contributed by atoms with Gasteiger partial charge in [0.05, 0.1) is 7.11 Å². The lowest BCUT2D eigenvalue weighted by molar-refractivity contribution is 0.405. The Kier molecular flexibility index (Phi) is 3.41. The zero-order valence-electron chi connectivity index (χ0n) is 11.1. The first-order valence-electron chi connectivity index (χ1n) is 7.04. The van der Waals surface area contributed by atoms with E-state index in [2.05, 4.69) is 22.8 Å². The molecular weight excluding hydrogens is 224 g/mol. The quantitative estimate of drug-likeness (QED) is 0.860. The minimum Gasteiger partial charge on any atom is -0.496 e. The Balaban J connectivity index is 1.89. The maximum atomic E-state index is 5.47. The second kappa shape index (κ2) is 5.19. The maximum Gasteiger partial charge on any atom is 0.123 e. The average molecular weight is 246 g/mol. The predicted octanol–water partition coefficient (Wildman–Crippen LogP) is 2.70. The molecule has 1 heterocycles. The van der Waals surface area contributed by atoms with Crippen molar-refractivity contribution in [2.75, 3.05) is 19.0 Å². The number of nitrogens with one attached hydrogen (secondary N) is 2. The molecule has 0 atom stereocenters. The zero-order chi connectivity index (χ0) is 12.4. The molecule has 98 valence electrons. The van der Waals surface area contributed by atoms with Gasteiger partial charge in [0, 0.05) is 23.8 Å². The second-order valence-electron chi connectivity index (χ2n) is 5.32. The molecule has 0 radical (unpaired) electrons. The molecule has 18 heavy (non-hydrogen) atoms. The summed E-state index contributed by atoms with van der Waals surface area (Å²) >= 11 is 0. The molecule has 0 saturated heterocycles. The van der Waals surface area contributed by atoms with Gasteiger partial charge in [-0.3, -0.25) is 0 Å². The third-order valence-corrected chi connectivity index (χ3v) is 4.18. The first kappa shape index (κ1) is 11.8. The fourth-order valence-corrected chi connectivity index (χ4v) is 3.19. The van der Waals surface area contributed by atoms with E-state index in [1.807, 2.05) is 0 Å². The Morgan fingerprint density at radius 1 is 1.22 bits per heavy atom. The monoisotopic (exact) mass is 246 g/mol. The highest BCUT2D eigenvalue weighted by Gasteiger charge is 2.20. The Bertz CT molecular complexity index is 425. The minimum absolute atomic E-state index is 0.678. The predicted molar refractivity (Wildman–Crippen MR) is 74.3 cm³/mol. The molecule has 1 aromatic carbocycles. The Morgan fingerprint density at radius 2 is 2.06 bits per heavy atom. The normalized spacial score (nSPS) is 19.6. The molecule has 1 aromatic rings. The van der Waals surface area contributed by atoms with E-state index < -0.39 is 0 Å². The van der Waals surface area contributed by atoms with Gasteiger partial charge < -0.3 is 15.4 Å². The van der Waals surface area contributed by atoms with E-state index in [9.17, 15) is 0 Å². The molecule has 0 amide bonds. The number of benzene rings is 1. The van der Waals surface area contributed by atoms with Gasteiger partial charge in [0.2, 0.25) is 0 Å². The van der Waals surface area contributed by atoms with Gasteiger partial charge in [-0.15, -0.1) is 0 Å². The maximum absolute atomic E-state index is 5.47. The van der Waals surface area contributed by atoms with Crippen LogP contribution < -0.4 is 15.4 Å². The van der Waals surface area contributed by atoms with E-state index in [-0.39, 0.29) is 0 Å². The van der Waals surface area contributed by atoms with Gasteiger partial charge >= 0.3 is 0 Å². The topological polar surface area (TPSA) is 33.3 Å². The van der Waals surface area contributed by atoms with Crippen LogP contribution in [0.2, 0.25) is 0 Å². The summed E-state index contributed by atoms with van der Waals surface area (Å²) < 4.78 is 5.47. The van der Waals surface area contributed by atoms with Crippen LogP contribution in [0.4, 0.5) is 5.69 Å². The van der Waals surface area contributed by atoms with Crippen molar-refractivity contribution in [3.05, 3.63) is 23.3 Å². The van der Waals surface area contributed by atoms with Gasteiger partial charge in [-0.1, -0.05) is 12.8 Å². The van der Waals surface area contributed by atoms with E-state index in [4.69, 9.17) is 4.74 Å². The summed E-state index contributed by atoms with van der Waals surface area (Å²) in [7, 11) is 1.76. The van der Waals surface area contributed by atoms with Crippen molar-refractivity contribution in [3.8, 4) is 5.75 Å². The molecule has 3 rings (SSSR count). The van der Waals surface area contributed by atoms with Gasteiger partial charge in [-0.25, -0.2) is 0 Å². The van der Waals surface area contributed by atoms with Gasteiger partial charge in [0.15, 0.2) is 0 Å². The summed E-state index contributed by atoms with van der Waals surface area (Å²) in [6.45, 7) is 2.00. The van der Waals surface area contributed by atoms with Crippen LogP contribution in [0.15, 0.2) is 12.1 Å². The lowest BCUT2D eigenvalue weighted by Gasteiger charge is -2.25. The Morgan fingerprint density at radius 3 is 2.83 bits per heavy atom. The smallest absolute Gasteiger partial charge is 0.123 e. The molecule has 2 aliphatic rings. The highest BCUT2D eigenvalue weighted by atomic mass is 16.5. The first-order chi connectivity index (χ1) is 8.88. The number of fused-ring (bicyclic) bond motifs is 1. The molecule has 0 bridgehead atoms. The summed E-state index contributed by atoms with van der Waals surface area (Å²) in [6, 6.07) is 4.97. The van der Waals surface area contributed by atoms with Crippen molar-refractivity contribution in [2.24, 2.45) is 0 Å². The van der Waals surface area contributed by atoms with Crippen LogP contribution in [0.3, 0.4) is 0 Å². The van der Waals surface area contributed by atoms with E-state index >= 15 is 0 Å². The number of hydrogen-bond acceptors (Lipinski definition) is 3. The Labute approximate surface area is 109 Å². The first-order valence-corrected chi connectivity index (χ1v) is 7.04. The molecular formula is C15H22N2O. The van der Waals surface area contributed by atoms with Crippen LogP contribution in [-0.2, 0) is 13.0 Å². The molecule has 1 fully saturated rings. The van der Waals surface area contributed by atoms with E-state index in [0.29, 0.717) is 6.04 Å². The van der Waals surface area contributed by atoms with Crippen LogP contribution in [0.25, 0.3) is 0 Å². The lowest BCUT2D eigenvalue weighted by Crippen LogP contribution is -2.26. The third-order valence-electron chi connectivity index (χ3n) is 4.18. The Hall–Kier alpha value is -1.22. The fraction of sp³-hybridized carbons (Fsp3) is 0.600. The number of hydrogen-bond donors (Lipinski definition) is 2. The number of anilines is 1. The number of rotatable bonds is 3. The summed E-state index contributed by atoms with van der Waals surface area (Å²) in [4.78, 5) is 0. The van der Waals surface area contributed by atoms with Crippen LogP contribution in [0.1, 0.15) is 36.8 Å². The van der Waals surface area contributed by atoms with Crippen molar-refractivity contribution >= 4 is 5.69 Å². The molecule has 1 saturated carbocycles. The SMILES string of the molecule is COc1ccc(NC2CCCC2)c2c1CNCC2. The van der Waals surface area contributed by atoms with Crippen molar-refractivity contribution in [2.45, 2.75) is 44.7 Å². The molecule has 0 spiro atoms. The molecule has 3 nitrogen and oxygen atoms in total. The average Bonchev–Trinajstić information content (AvgIpc) is 2.92.